The molecule has 5 heteroatoms. The second-order valence-corrected chi connectivity index (χ2v) is 3.56. The van der Waals surface area contributed by atoms with Gasteiger partial charge in [-0.1, -0.05) is 0 Å². The Morgan fingerprint density at radius 3 is 2.36 bits per heavy atom. The number of nitro groups is 1. The summed E-state index contributed by atoms with van der Waals surface area (Å²) in [7, 11) is 0. The molecule has 1 aromatic rings. The summed E-state index contributed by atoms with van der Waals surface area (Å²) in [6.45, 7) is 0. The zero-order valence-electron chi connectivity index (χ0n) is 5.25. The van der Waals surface area contributed by atoms with E-state index in [0.717, 1.165) is 4.47 Å². The third kappa shape index (κ3) is 2.00. The van der Waals surface area contributed by atoms with Gasteiger partial charge in [-0.3, -0.25) is 10.1 Å². The third-order valence-electron chi connectivity index (χ3n) is 1.11. The molecule has 0 heterocycles. The van der Waals surface area contributed by atoms with Crippen LogP contribution in [0.15, 0.2) is 27.1 Å². The summed E-state index contributed by atoms with van der Waals surface area (Å²) in [6.07, 6.45) is 0. The molecule has 3 nitrogen and oxygen atoms in total. The number of benzene rings is 1. The SMILES string of the molecule is O=[N+]([O-])c1ccc(Br)c(Br)c1. The molecule has 0 saturated heterocycles. The fourth-order valence-corrected chi connectivity index (χ4v) is 1.21. The zero-order valence-corrected chi connectivity index (χ0v) is 8.42. The molecule has 0 bridgehead atoms. The monoisotopic (exact) mass is 279 g/mol. The van der Waals surface area contributed by atoms with Crippen LogP contribution in [0.4, 0.5) is 5.69 Å². The van der Waals surface area contributed by atoms with Crippen LogP contribution in [0.1, 0.15) is 0 Å². The van der Waals surface area contributed by atoms with Crippen molar-refractivity contribution in [3.8, 4) is 0 Å². The van der Waals surface area contributed by atoms with E-state index in [1.807, 2.05) is 0 Å². The minimum Gasteiger partial charge on any atom is -0.258 e. The van der Waals surface area contributed by atoms with Gasteiger partial charge in [0.1, 0.15) is 0 Å². The van der Waals surface area contributed by atoms with Crippen LogP contribution in [0, 0.1) is 10.1 Å². The van der Waals surface area contributed by atoms with Crippen LogP contribution in [0.5, 0.6) is 0 Å². The van der Waals surface area contributed by atoms with Crippen LogP contribution in [-0.2, 0) is 0 Å². The van der Waals surface area contributed by atoms with Gasteiger partial charge >= 0.3 is 0 Å². The molecule has 1 aromatic carbocycles. The first kappa shape index (κ1) is 8.67. The van der Waals surface area contributed by atoms with Crippen molar-refractivity contribution in [3.63, 3.8) is 0 Å². The first-order chi connectivity index (χ1) is 5.11. The number of hydrogen-bond acceptors (Lipinski definition) is 2. The summed E-state index contributed by atoms with van der Waals surface area (Å²) in [4.78, 5) is 9.80. The normalized spacial score (nSPS) is 9.64. The number of nitro benzene ring substituents is 1. The maximum Gasteiger partial charge on any atom is 0.270 e. The van der Waals surface area contributed by atoms with Crippen molar-refractivity contribution in [3.05, 3.63) is 37.3 Å². The van der Waals surface area contributed by atoms with E-state index >= 15 is 0 Å². The molecule has 0 spiro atoms. The van der Waals surface area contributed by atoms with E-state index in [9.17, 15) is 10.1 Å². The summed E-state index contributed by atoms with van der Waals surface area (Å²) in [5.74, 6) is 0. The molecule has 58 valence electrons. The summed E-state index contributed by atoms with van der Waals surface area (Å²) >= 11 is 6.37. The molecule has 0 atom stereocenters. The Hall–Kier alpha value is -0.420. The molecule has 11 heavy (non-hydrogen) atoms. The first-order valence-corrected chi connectivity index (χ1v) is 4.29. The van der Waals surface area contributed by atoms with E-state index in [-0.39, 0.29) is 5.69 Å². The summed E-state index contributed by atoms with van der Waals surface area (Å²) in [5, 5.41) is 10.2. The van der Waals surface area contributed by atoms with Gasteiger partial charge in [-0.2, -0.15) is 0 Å². The summed E-state index contributed by atoms with van der Waals surface area (Å²) < 4.78 is 1.50. The quantitative estimate of drug-likeness (QED) is 0.586. The molecule has 0 fully saturated rings. The maximum absolute atomic E-state index is 10.2. The van der Waals surface area contributed by atoms with Gasteiger partial charge in [-0.05, 0) is 37.9 Å². The Bertz CT molecular complexity index is 301. The Morgan fingerprint density at radius 1 is 1.27 bits per heavy atom. The molecule has 0 aliphatic rings. The fourth-order valence-electron chi connectivity index (χ4n) is 0.599. The Morgan fingerprint density at radius 2 is 1.91 bits per heavy atom. The largest absolute Gasteiger partial charge is 0.270 e. The van der Waals surface area contributed by atoms with E-state index in [0.29, 0.717) is 4.47 Å². The van der Waals surface area contributed by atoms with E-state index in [4.69, 9.17) is 0 Å². The average Bonchev–Trinajstić information content (AvgIpc) is 1.94. The van der Waals surface area contributed by atoms with Crippen LogP contribution < -0.4 is 0 Å². The maximum atomic E-state index is 10.2. The third-order valence-corrected chi connectivity index (χ3v) is 2.99. The van der Waals surface area contributed by atoms with Crippen LogP contribution >= 0.6 is 31.9 Å². The lowest BCUT2D eigenvalue weighted by atomic mass is 10.3. The lowest BCUT2D eigenvalue weighted by molar-refractivity contribution is -0.384. The van der Waals surface area contributed by atoms with Gasteiger partial charge in [0.15, 0.2) is 0 Å². The molecule has 0 unspecified atom stereocenters. The highest BCUT2D eigenvalue weighted by Gasteiger charge is 2.06. The molecule has 0 N–H and O–H groups in total. The summed E-state index contributed by atoms with van der Waals surface area (Å²) in [6, 6.07) is 4.52. The Labute approximate surface area is 79.8 Å². The Kier molecular flexibility index (Phi) is 2.62. The lowest BCUT2D eigenvalue weighted by Crippen LogP contribution is -1.86. The van der Waals surface area contributed by atoms with Gasteiger partial charge < -0.3 is 0 Å². The number of rotatable bonds is 1. The van der Waals surface area contributed by atoms with Crippen molar-refractivity contribution in [1.82, 2.24) is 0 Å². The number of non-ortho nitro benzene ring substituents is 1. The minimum absolute atomic E-state index is 0.0834. The topological polar surface area (TPSA) is 43.1 Å². The van der Waals surface area contributed by atoms with Crippen LogP contribution in [0.2, 0.25) is 0 Å². The highest BCUT2D eigenvalue weighted by molar-refractivity contribution is 9.13. The predicted octanol–water partition coefficient (Wildman–Crippen LogP) is 3.12. The first-order valence-electron chi connectivity index (χ1n) is 2.70. The molecule has 0 radical (unpaired) electrons. The fraction of sp³-hybridized carbons (Fsp3) is 0. The smallest absolute Gasteiger partial charge is 0.258 e. The van der Waals surface area contributed by atoms with E-state index in [1.54, 1.807) is 6.07 Å². The standard InChI is InChI=1S/C6H3Br2NO2/c7-5-2-1-4(9(10)11)3-6(5)8/h1-3H. The second kappa shape index (κ2) is 3.32. The molecule has 0 aromatic heterocycles. The average molecular weight is 281 g/mol. The number of halogens is 2. The van der Waals surface area contributed by atoms with Crippen molar-refractivity contribution in [1.29, 1.82) is 0 Å². The molecule has 0 aliphatic carbocycles. The van der Waals surface area contributed by atoms with Gasteiger partial charge in [0, 0.05) is 21.1 Å². The highest BCUT2D eigenvalue weighted by Crippen LogP contribution is 2.26. The number of hydrogen-bond donors (Lipinski definition) is 0. The van der Waals surface area contributed by atoms with Crippen LogP contribution in [0.3, 0.4) is 0 Å². The van der Waals surface area contributed by atoms with Crippen LogP contribution in [0.25, 0.3) is 0 Å². The van der Waals surface area contributed by atoms with Crippen molar-refractivity contribution in [2.45, 2.75) is 0 Å². The minimum atomic E-state index is -0.433. The van der Waals surface area contributed by atoms with E-state index in [1.165, 1.54) is 12.1 Å². The molecular formula is C6H3Br2NO2. The van der Waals surface area contributed by atoms with Crippen molar-refractivity contribution < 1.29 is 4.92 Å². The van der Waals surface area contributed by atoms with Crippen LogP contribution in [-0.4, -0.2) is 4.92 Å². The van der Waals surface area contributed by atoms with Gasteiger partial charge in [-0.15, -0.1) is 0 Å². The molecular weight excluding hydrogens is 278 g/mol. The molecule has 1 rings (SSSR count). The van der Waals surface area contributed by atoms with Crippen molar-refractivity contribution >= 4 is 37.5 Å². The predicted molar refractivity (Wildman–Crippen MR) is 48.5 cm³/mol. The molecule has 0 aliphatic heterocycles. The van der Waals surface area contributed by atoms with Crippen molar-refractivity contribution in [2.75, 3.05) is 0 Å². The molecule has 0 saturated carbocycles. The second-order valence-electron chi connectivity index (χ2n) is 1.86. The van der Waals surface area contributed by atoms with Gasteiger partial charge in [0.2, 0.25) is 0 Å². The van der Waals surface area contributed by atoms with Gasteiger partial charge in [0.25, 0.3) is 5.69 Å². The van der Waals surface area contributed by atoms with Gasteiger partial charge in [-0.25, -0.2) is 0 Å². The zero-order chi connectivity index (χ0) is 8.43. The number of nitrogens with zero attached hydrogens (tertiary/aromatic N) is 1. The molecule has 0 amide bonds. The van der Waals surface area contributed by atoms with Crippen molar-refractivity contribution in [2.24, 2.45) is 0 Å². The van der Waals surface area contributed by atoms with E-state index in [2.05, 4.69) is 31.9 Å². The van der Waals surface area contributed by atoms with Gasteiger partial charge in [0.05, 0.1) is 4.92 Å². The van der Waals surface area contributed by atoms with E-state index < -0.39 is 4.92 Å². The lowest BCUT2D eigenvalue weighted by Gasteiger charge is -1.94. The Balaban J connectivity index is 3.15. The summed E-state index contributed by atoms with van der Waals surface area (Å²) in [5.41, 5.74) is 0.0834. The highest BCUT2D eigenvalue weighted by atomic mass is 79.9.